The van der Waals surface area contributed by atoms with Crippen LogP contribution in [0, 0.1) is 20.8 Å². The zero-order valence-electron chi connectivity index (χ0n) is 20.7. The summed E-state index contributed by atoms with van der Waals surface area (Å²) in [7, 11) is 4.00. The normalized spacial score (nSPS) is 15.2. The standard InChI is InChI=1S/C29H38N2O/c1-20-16-25-12-15-31(19-27(25)17-21(20)2)14-7-13-30(5)23(4)24-8-10-28-22(3)29(32-6)11-9-26(28)18-24/h8-11,16-18,23H,7,12-15,19H2,1-6H3. The average Bonchev–Trinajstić information content (AvgIpc) is 2.79. The Morgan fingerprint density at radius 2 is 1.75 bits per heavy atom. The Kier molecular flexibility index (Phi) is 6.88. The number of benzene rings is 3. The topological polar surface area (TPSA) is 15.7 Å². The van der Waals surface area contributed by atoms with Crippen LogP contribution in [0.4, 0.5) is 0 Å². The van der Waals surface area contributed by atoms with E-state index in [0.717, 1.165) is 18.8 Å². The maximum Gasteiger partial charge on any atom is 0.122 e. The van der Waals surface area contributed by atoms with Crippen LogP contribution in [0.15, 0.2) is 42.5 Å². The van der Waals surface area contributed by atoms with E-state index in [1.165, 1.54) is 64.5 Å². The van der Waals surface area contributed by atoms with Gasteiger partial charge in [-0.15, -0.1) is 0 Å². The van der Waals surface area contributed by atoms with Crippen molar-refractivity contribution in [2.24, 2.45) is 0 Å². The van der Waals surface area contributed by atoms with Gasteiger partial charge in [-0.25, -0.2) is 0 Å². The maximum absolute atomic E-state index is 5.48. The molecular weight excluding hydrogens is 392 g/mol. The van der Waals surface area contributed by atoms with Crippen molar-refractivity contribution in [1.29, 1.82) is 0 Å². The molecule has 0 aromatic heterocycles. The lowest BCUT2D eigenvalue weighted by atomic mass is 9.94. The first-order chi connectivity index (χ1) is 15.4. The highest BCUT2D eigenvalue weighted by atomic mass is 16.5. The van der Waals surface area contributed by atoms with Crippen molar-refractivity contribution in [3.63, 3.8) is 0 Å². The lowest BCUT2D eigenvalue weighted by Gasteiger charge is -2.31. The van der Waals surface area contributed by atoms with Gasteiger partial charge in [0, 0.05) is 19.1 Å². The number of methoxy groups -OCH3 is 1. The minimum atomic E-state index is 0.398. The van der Waals surface area contributed by atoms with E-state index in [1.54, 1.807) is 12.7 Å². The van der Waals surface area contributed by atoms with Crippen molar-refractivity contribution in [2.45, 2.75) is 53.1 Å². The van der Waals surface area contributed by atoms with Gasteiger partial charge >= 0.3 is 0 Å². The summed E-state index contributed by atoms with van der Waals surface area (Å²) < 4.78 is 5.48. The average molecular weight is 431 g/mol. The highest BCUT2D eigenvalue weighted by Gasteiger charge is 2.18. The highest BCUT2D eigenvalue weighted by molar-refractivity contribution is 5.88. The number of fused-ring (bicyclic) bond motifs is 2. The van der Waals surface area contributed by atoms with Gasteiger partial charge in [0.2, 0.25) is 0 Å². The summed E-state index contributed by atoms with van der Waals surface area (Å²) in [6.45, 7) is 13.5. The molecule has 4 rings (SSSR count). The van der Waals surface area contributed by atoms with Crippen molar-refractivity contribution in [3.8, 4) is 5.75 Å². The number of hydrogen-bond acceptors (Lipinski definition) is 3. The third-order valence-electron chi connectivity index (χ3n) is 7.52. The molecule has 3 nitrogen and oxygen atoms in total. The van der Waals surface area contributed by atoms with Gasteiger partial charge in [0.1, 0.15) is 5.75 Å². The summed E-state index contributed by atoms with van der Waals surface area (Å²) in [6.07, 6.45) is 2.38. The van der Waals surface area contributed by atoms with Crippen LogP contribution in [-0.4, -0.2) is 43.6 Å². The molecule has 0 fully saturated rings. The van der Waals surface area contributed by atoms with Crippen LogP contribution in [0.25, 0.3) is 10.8 Å². The fraction of sp³-hybridized carbons (Fsp3) is 0.448. The SMILES string of the molecule is COc1ccc2cc(C(C)N(C)CCCN3CCc4cc(C)c(C)cc4C3)ccc2c1C. The van der Waals surface area contributed by atoms with Crippen LogP contribution in [-0.2, 0) is 13.0 Å². The molecule has 0 aliphatic carbocycles. The number of hydrogen-bond donors (Lipinski definition) is 0. The molecule has 0 amide bonds. The van der Waals surface area contributed by atoms with Crippen LogP contribution in [0.3, 0.4) is 0 Å². The van der Waals surface area contributed by atoms with Crippen molar-refractivity contribution in [2.75, 3.05) is 33.8 Å². The van der Waals surface area contributed by atoms with Gasteiger partial charge in [-0.05, 0) is 117 Å². The van der Waals surface area contributed by atoms with Gasteiger partial charge < -0.3 is 4.74 Å². The number of nitrogens with zero attached hydrogens (tertiary/aromatic N) is 2. The third-order valence-corrected chi connectivity index (χ3v) is 7.52. The summed E-state index contributed by atoms with van der Waals surface area (Å²) in [5.41, 5.74) is 8.52. The smallest absolute Gasteiger partial charge is 0.122 e. The molecule has 3 heteroatoms. The Morgan fingerprint density at radius 1 is 1.00 bits per heavy atom. The molecular formula is C29H38N2O. The molecule has 0 saturated carbocycles. The molecule has 0 spiro atoms. The molecule has 1 unspecified atom stereocenters. The summed E-state index contributed by atoms with van der Waals surface area (Å²) in [5, 5.41) is 2.57. The van der Waals surface area contributed by atoms with Gasteiger partial charge in [0.25, 0.3) is 0 Å². The summed E-state index contributed by atoms with van der Waals surface area (Å²) in [4.78, 5) is 5.12. The van der Waals surface area contributed by atoms with Crippen LogP contribution in [0.1, 0.15) is 52.8 Å². The Hall–Kier alpha value is -2.36. The highest BCUT2D eigenvalue weighted by Crippen LogP contribution is 2.30. The number of aryl methyl sites for hydroxylation is 3. The van der Waals surface area contributed by atoms with Crippen molar-refractivity contribution in [3.05, 3.63) is 75.8 Å². The minimum Gasteiger partial charge on any atom is -0.496 e. The zero-order chi connectivity index (χ0) is 22.8. The molecule has 1 aliphatic heterocycles. The second kappa shape index (κ2) is 9.64. The molecule has 1 heterocycles. The van der Waals surface area contributed by atoms with E-state index in [1.807, 2.05) is 0 Å². The Balaban J connectivity index is 1.34. The molecule has 0 bridgehead atoms. The maximum atomic E-state index is 5.48. The lowest BCUT2D eigenvalue weighted by molar-refractivity contribution is 0.210. The molecule has 170 valence electrons. The first-order valence-corrected chi connectivity index (χ1v) is 12.0. The number of ether oxygens (including phenoxy) is 1. The Morgan fingerprint density at radius 3 is 2.50 bits per heavy atom. The van der Waals surface area contributed by atoms with E-state index in [2.05, 4.69) is 87.0 Å². The van der Waals surface area contributed by atoms with Crippen molar-refractivity contribution < 1.29 is 4.74 Å². The van der Waals surface area contributed by atoms with Crippen LogP contribution < -0.4 is 4.74 Å². The molecule has 1 aliphatic rings. The largest absolute Gasteiger partial charge is 0.496 e. The van der Waals surface area contributed by atoms with E-state index < -0.39 is 0 Å². The predicted octanol–water partition coefficient (Wildman–Crippen LogP) is 6.21. The fourth-order valence-corrected chi connectivity index (χ4v) is 5.06. The van der Waals surface area contributed by atoms with Crippen LogP contribution >= 0.6 is 0 Å². The van der Waals surface area contributed by atoms with Crippen molar-refractivity contribution in [1.82, 2.24) is 9.80 Å². The molecule has 3 aromatic carbocycles. The van der Waals surface area contributed by atoms with E-state index in [9.17, 15) is 0 Å². The van der Waals surface area contributed by atoms with Gasteiger partial charge in [-0.3, -0.25) is 9.80 Å². The first-order valence-electron chi connectivity index (χ1n) is 12.0. The number of rotatable bonds is 7. The summed E-state index contributed by atoms with van der Waals surface area (Å²) in [6, 6.07) is 16.3. The van der Waals surface area contributed by atoms with Crippen LogP contribution in [0.2, 0.25) is 0 Å². The van der Waals surface area contributed by atoms with Gasteiger partial charge in [-0.1, -0.05) is 30.3 Å². The van der Waals surface area contributed by atoms with E-state index in [0.29, 0.717) is 6.04 Å². The molecule has 1 atom stereocenters. The Bertz CT molecular complexity index is 1100. The second-order valence-corrected chi connectivity index (χ2v) is 9.61. The zero-order valence-corrected chi connectivity index (χ0v) is 20.7. The molecule has 32 heavy (non-hydrogen) atoms. The second-order valence-electron chi connectivity index (χ2n) is 9.61. The van der Waals surface area contributed by atoms with Gasteiger partial charge in [0.15, 0.2) is 0 Å². The van der Waals surface area contributed by atoms with E-state index in [-0.39, 0.29) is 0 Å². The Labute approximate surface area is 194 Å². The summed E-state index contributed by atoms with van der Waals surface area (Å²) >= 11 is 0. The van der Waals surface area contributed by atoms with Crippen molar-refractivity contribution >= 4 is 10.8 Å². The predicted molar refractivity (Wildman–Crippen MR) is 136 cm³/mol. The lowest BCUT2D eigenvalue weighted by Crippen LogP contribution is -2.33. The quantitative estimate of drug-likeness (QED) is 0.443. The van der Waals surface area contributed by atoms with Gasteiger partial charge in [-0.2, -0.15) is 0 Å². The van der Waals surface area contributed by atoms with E-state index in [4.69, 9.17) is 4.74 Å². The third kappa shape index (κ3) is 4.69. The van der Waals surface area contributed by atoms with E-state index >= 15 is 0 Å². The minimum absolute atomic E-state index is 0.398. The fourth-order valence-electron chi connectivity index (χ4n) is 5.06. The first kappa shape index (κ1) is 22.8. The summed E-state index contributed by atoms with van der Waals surface area (Å²) in [5.74, 6) is 0.959. The molecule has 0 N–H and O–H groups in total. The van der Waals surface area contributed by atoms with Crippen LogP contribution in [0.5, 0.6) is 5.75 Å². The molecule has 0 radical (unpaired) electrons. The molecule has 3 aromatic rings. The van der Waals surface area contributed by atoms with Gasteiger partial charge in [0.05, 0.1) is 7.11 Å². The monoisotopic (exact) mass is 430 g/mol. The molecule has 0 saturated heterocycles.